The van der Waals surface area contributed by atoms with E-state index in [4.69, 9.17) is 27.9 Å². The summed E-state index contributed by atoms with van der Waals surface area (Å²) in [5.74, 6) is -0.129. The molecule has 0 unspecified atom stereocenters. The number of methoxy groups -OCH3 is 1. The third-order valence-corrected chi connectivity index (χ3v) is 7.65. The summed E-state index contributed by atoms with van der Waals surface area (Å²) < 4.78 is 31.7. The fraction of sp³-hybridized carbons (Fsp3) is 0.481. The van der Waals surface area contributed by atoms with Gasteiger partial charge in [0.2, 0.25) is 21.8 Å². The highest BCUT2D eigenvalue weighted by molar-refractivity contribution is 7.92. The van der Waals surface area contributed by atoms with Crippen molar-refractivity contribution in [2.45, 2.75) is 65.1 Å². The summed E-state index contributed by atoms with van der Waals surface area (Å²) in [6.45, 7) is 7.68. The highest BCUT2D eigenvalue weighted by Gasteiger charge is 2.31. The monoisotopic (exact) mass is 585 g/mol. The molecule has 1 N–H and O–H groups in total. The lowest BCUT2D eigenvalue weighted by Crippen LogP contribution is -2.53. The first kappa shape index (κ1) is 31.7. The maximum atomic E-state index is 13.6. The average molecular weight is 587 g/mol. The molecule has 0 aliphatic carbocycles. The quantitative estimate of drug-likeness (QED) is 0.366. The molecule has 0 bridgehead atoms. The molecule has 0 saturated carbocycles. The summed E-state index contributed by atoms with van der Waals surface area (Å²) in [4.78, 5) is 28.2. The van der Waals surface area contributed by atoms with E-state index in [2.05, 4.69) is 5.32 Å². The Bertz CT molecular complexity index is 1230. The molecule has 0 saturated heterocycles. The number of ether oxygens (including phenoxy) is 1. The van der Waals surface area contributed by atoms with E-state index in [1.807, 2.05) is 27.7 Å². The van der Waals surface area contributed by atoms with Crippen molar-refractivity contribution >= 4 is 50.7 Å². The maximum absolute atomic E-state index is 13.6. The number of sulfonamides is 1. The zero-order chi connectivity index (χ0) is 28.7. The van der Waals surface area contributed by atoms with Gasteiger partial charge in [-0.05, 0) is 63.4 Å². The van der Waals surface area contributed by atoms with Gasteiger partial charge in [-0.2, -0.15) is 0 Å². The minimum Gasteiger partial charge on any atom is -0.495 e. The molecule has 0 heterocycles. The molecule has 0 fully saturated rings. The molecule has 2 rings (SSSR count). The van der Waals surface area contributed by atoms with Crippen LogP contribution in [0.5, 0.6) is 5.75 Å². The molecule has 8 nitrogen and oxygen atoms in total. The van der Waals surface area contributed by atoms with Crippen LogP contribution in [-0.4, -0.2) is 56.6 Å². The number of anilines is 1. The van der Waals surface area contributed by atoms with Crippen LogP contribution in [0, 0.1) is 0 Å². The second-order valence-electron chi connectivity index (χ2n) is 10.0. The molecule has 0 aliphatic heterocycles. The minimum absolute atomic E-state index is 0.0296. The van der Waals surface area contributed by atoms with Gasteiger partial charge in [-0.1, -0.05) is 48.3 Å². The smallest absolute Gasteiger partial charge is 0.243 e. The highest BCUT2D eigenvalue weighted by Crippen LogP contribution is 2.30. The van der Waals surface area contributed by atoms with E-state index in [0.717, 1.165) is 11.8 Å². The third-order valence-electron chi connectivity index (χ3n) is 5.73. The number of carbonyl (C=O) groups excluding carboxylic acids is 2. The minimum atomic E-state index is -3.64. The van der Waals surface area contributed by atoms with E-state index in [1.165, 1.54) is 16.3 Å². The standard InChI is InChI=1S/C27H37Cl2N3O5S/c1-7-22(26(34)30-27(2,3)4)31(18-19-14-15-20(28)21(29)17-19)25(33)13-10-16-32(38(6,35)36)23-11-8-9-12-24(23)37-5/h8-9,11-12,14-15,17,22H,7,10,13,16,18H2,1-6H3,(H,30,34)/t22-/m1/s1. The lowest BCUT2D eigenvalue weighted by molar-refractivity contribution is -0.142. The molecule has 11 heteroatoms. The third kappa shape index (κ3) is 9.06. The molecule has 2 aromatic carbocycles. The van der Waals surface area contributed by atoms with Crippen LogP contribution in [0.1, 0.15) is 52.5 Å². The van der Waals surface area contributed by atoms with Gasteiger partial charge < -0.3 is 15.0 Å². The summed E-state index contributed by atoms with van der Waals surface area (Å²) in [5.41, 5.74) is 0.642. The second kappa shape index (κ2) is 13.5. The number of nitrogens with zero attached hydrogens (tertiary/aromatic N) is 2. The topological polar surface area (TPSA) is 96.0 Å². The Labute approximate surface area is 236 Å². The molecule has 1 atom stereocenters. The zero-order valence-electron chi connectivity index (χ0n) is 22.8. The van der Waals surface area contributed by atoms with E-state index < -0.39 is 21.6 Å². The Morgan fingerprint density at radius 1 is 1.08 bits per heavy atom. The van der Waals surface area contributed by atoms with Gasteiger partial charge in [-0.3, -0.25) is 13.9 Å². The van der Waals surface area contributed by atoms with Crippen LogP contribution in [0.2, 0.25) is 10.0 Å². The number of para-hydroxylation sites is 2. The normalized spacial score (nSPS) is 12.5. The number of hydrogen-bond acceptors (Lipinski definition) is 5. The van der Waals surface area contributed by atoms with Crippen LogP contribution in [0.4, 0.5) is 5.69 Å². The van der Waals surface area contributed by atoms with E-state index in [9.17, 15) is 18.0 Å². The number of halogens is 2. The first-order chi connectivity index (χ1) is 17.7. The van der Waals surface area contributed by atoms with Gasteiger partial charge >= 0.3 is 0 Å². The summed E-state index contributed by atoms with van der Waals surface area (Å²) in [7, 11) is -2.17. The van der Waals surface area contributed by atoms with Gasteiger partial charge in [-0.25, -0.2) is 8.42 Å². The SMILES string of the molecule is CC[C@H](C(=O)NC(C)(C)C)N(Cc1ccc(Cl)c(Cl)c1)C(=O)CCCN(c1ccccc1OC)S(C)(=O)=O. The molecule has 0 aliphatic rings. The van der Waals surface area contributed by atoms with Crippen LogP contribution in [0.3, 0.4) is 0 Å². The number of rotatable bonds is 12. The van der Waals surface area contributed by atoms with E-state index >= 15 is 0 Å². The average Bonchev–Trinajstić information content (AvgIpc) is 2.82. The van der Waals surface area contributed by atoms with Crippen molar-refractivity contribution in [1.82, 2.24) is 10.2 Å². The summed E-state index contributed by atoms with van der Waals surface area (Å²) in [5, 5.41) is 3.70. The van der Waals surface area contributed by atoms with E-state index in [-0.39, 0.29) is 37.7 Å². The van der Waals surface area contributed by atoms with Gasteiger partial charge in [0.25, 0.3) is 0 Å². The highest BCUT2D eigenvalue weighted by atomic mass is 35.5. The van der Waals surface area contributed by atoms with Crippen LogP contribution in [0.15, 0.2) is 42.5 Å². The Hall–Kier alpha value is -2.49. The molecule has 2 amide bonds. The summed E-state index contributed by atoms with van der Waals surface area (Å²) in [6, 6.07) is 11.2. The predicted octanol–water partition coefficient (Wildman–Crippen LogP) is 5.27. The zero-order valence-corrected chi connectivity index (χ0v) is 25.1. The first-order valence-corrected chi connectivity index (χ1v) is 14.9. The van der Waals surface area contributed by atoms with Crippen LogP contribution >= 0.6 is 23.2 Å². The van der Waals surface area contributed by atoms with Crippen molar-refractivity contribution in [3.8, 4) is 5.75 Å². The van der Waals surface area contributed by atoms with Crippen molar-refractivity contribution in [2.24, 2.45) is 0 Å². The van der Waals surface area contributed by atoms with Crippen molar-refractivity contribution < 1.29 is 22.7 Å². The summed E-state index contributed by atoms with van der Waals surface area (Å²) in [6.07, 6.45) is 1.77. The molecule has 0 spiro atoms. The fourth-order valence-corrected chi connectivity index (χ4v) is 5.31. The lowest BCUT2D eigenvalue weighted by atomic mass is 10.0. The molecule has 0 aromatic heterocycles. The van der Waals surface area contributed by atoms with Crippen molar-refractivity contribution in [1.29, 1.82) is 0 Å². The Morgan fingerprint density at radius 3 is 2.29 bits per heavy atom. The molecule has 0 radical (unpaired) electrons. The Balaban J connectivity index is 2.30. The van der Waals surface area contributed by atoms with Gasteiger partial charge in [0, 0.05) is 25.0 Å². The van der Waals surface area contributed by atoms with E-state index in [0.29, 0.717) is 27.9 Å². The Kier molecular flexibility index (Phi) is 11.3. The number of carbonyl (C=O) groups is 2. The van der Waals surface area contributed by atoms with E-state index in [1.54, 1.807) is 42.5 Å². The molecular weight excluding hydrogens is 549 g/mol. The lowest BCUT2D eigenvalue weighted by Gasteiger charge is -2.33. The molecule has 2 aromatic rings. The second-order valence-corrected chi connectivity index (χ2v) is 12.8. The number of benzene rings is 2. The number of hydrogen-bond donors (Lipinski definition) is 1. The van der Waals surface area contributed by atoms with Gasteiger partial charge in [0.1, 0.15) is 11.8 Å². The van der Waals surface area contributed by atoms with Crippen molar-refractivity contribution in [2.75, 3.05) is 24.2 Å². The first-order valence-electron chi connectivity index (χ1n) is 12.3. The fourth-order valence-electron chi connectivity index (χ4n) is 4.03. The summed E-state index contributed by atoms with van der Waals surface area (Å²) >= 11 is 12.3. The van der Waals surface area contributed by atoms with Crippen LogP contribution in [0.25, 0.3) is 0 Å². The maximum Gasteiger partial charge on any atom is 0.243 e. The molecule has 38 heavy (non-hydrogen) atoms. The van der Waals surface area contributed by atoms with Gasteiger partial charge in [0.05, 0.1) is 29.1 Å². The Morgan fingerprint density at radius 2 is 1.74 bits per heavy atom. The molecule has 210 valence electrons. The predicted molar refractivity (Wildman–Crippen MR) is 153 cm³/mol. The van der Waals surface area contributed by atoms with Crippen molar-refractivity contribution in [3.63, 3.8) is 0 Å². The van der Waals surface area contributed by atoms with Crippen LogP contribution in [-0.2, 0) is 26.2 Å². The van der Waals surface area contributed by atoms with Crippen molar-refractivity contribution in [3.05, 3.63) is 58.1 Å². The van der Waals surface area contributed by atoms with Gasteiger partial charge in [0.15, 0.2) is 0 Å². The number of amides is 2. The largest absolute Gasteiger partial charge is 0.495 e. The number of nitrogens with one attached hydrogen (secondary N) is 1. The van der Waals surface area contributed by atoms with Crippen LogP contribution < -0.4 is 14.4 Å². The molecular formula is C27H37Cl2N3O5S. The van der Waals surface area contributed by atoms with Gasteiger partial charge in [-0.15, -0.1) is 0 Å².